The number of nitrogens with two attached hydrogens (primary N) is 1. The van der Waals surface area contributed by atoms with Crippen LogP contribution in [0.15, 0.2) is 18.2 Å². The first-order chi connectivity index (χ1) is 17.2. The topological polar surface area (TPSA) is 142 Å². The van der Waals surface area contributed by atoms with Gasteiger partial charge in [-0.15, -0.1) is 0 Å². The maximum Gasteiger partial charge on any atom is 0.321 e. The molecule has 1 aromatic carbocycles. The molecule has 0 bridgehead atoms. The lowest BCUT2D eigenvalue weighted by Gasteiger charge is -2.28. The van der Waals surface area contributed by atoms with E-state index in [1.54, 1.807) is 13.0 Å². The van der Waals surface area contributed by atoms with Crippen molar-refractivity contribution in [1.29, 1.82) is 0 Å². The Morgan fingerprint density at radius 3 is 1.86 bits per heavy atom. The van der Waals surface area contributed by atoms with E-state index in [0.717, 1.165) is 6.42 Å². The molecule has 3 unspecified atom stereocenters. The fourth-order valence-electron chi connectivity index (χ4n) is 3.75. The van der Waals surface area contributed by atoms with Gasteiger partial charge in [0.1, 0.15) is 6.04 Å². The molecule has 9 nitrogen and oxygen atoms in total. The Balaban J connectivity index is 3.32. The van der Waals surface area contributed by atoms with E-state index in [1.807, 2.05) is 41.5 Å². The Kier molecular flexibility index (Phi) is 13.3. The third kappa shape index (κ3) is 11.3. The summed E-state index contributed by atoms with van der Waals surface area (Å²) in [7, 11) is 0. The lowest BCUT2D eigenvalue weighted by Crippen LogP contribution is -2.40. The van der Waals surface area contributed by atoms with Gasteiger partial charge in [-0.2, -0.15) is 0 Å². The van der Waals surface area contributed by atoms with Gasteiger partial charge in [0.15, 0.2) is 11.5 Å². The quantitative estimate of drug-likeness (QED) is 0.248. The average molecular weight is 522 g/mol. The smallest absolute Gasteiger partial charge is 0.321 e. The van der Waals surface area contributed by atoms with Crippen molar-refractivity contribution in [3.05, 3.63) is 23.8 Å². The van der Waals surface area contributed by atoms with Crippen LogP contribution in [-0.2, 0) is 23.9 Å². The minimum atomic E-state index is -1.32. The lowest BCUT2D eigenvalue weighted by atomic mass is 9.82. The molecule has 37 heavy (non-hydrogen) atoms. The maximum absolute atomic E-state index is 12.4. The summed E-state index contributed by atoms with van der Waals surface area (Å²) in [5.74, 6) is -3.49. The molecule has 0 aliphatic carbocycles. The van der Waals surface area contributed by atoms with Gasteiger partial charge >= 0.3 is 23.9 Å². The van der Waals surface area contributed by atoms with Gasteiger partial charge in [0.2, 0.25) is 0 Å². The van der Waals surface area contributed by atoms with Crippen molar-refractivity contribution in [1.82, 2.24) is 0 Å². The van der Waals surface area contributed by atoms with Crippen molar-refractivity contribution in [2.24, 2.45) is 29.4 Å². The number of benzene rings is 1. The van der Waals surface area contributed by atoms with Crippen LogP contribution in [0.3, 0.4) is 0 Å². The van der Waals surface area contributed by atoms with E-state index in [1.165, 1.54) is 12.1 Å². The number of esters is 3. The van der Waals surface area contributed by atoms with Crippen LogP contribution in [0.2, 0.25) is 0 Å². The van der Waals surface area contributed by atoms with E-state index in [-0.39, 0.29) is 61.1 Å². The zero-order valence-corrected chi connectivity index (χ0v) is 23.1. The van der Waals surface area contributed by atoms with Crippen LogP contribution in [0.1, 0.15) is 85.6 Å². The highest BCUT2D eigenvalue weighted by atomic mass is 16.6. The van der Waals surface area contributed by atoms with E-state index in [2.05, 4.69) is 0 Å². The first kappa shape index (κ1) is 32.1. The molecule has 0 saturated carbocycles. The molecule has 1 aromatic rings. The van der Waals surface area contributed by atoms with Crippen LogP contribution < -0.4 is 15.2 Å². The summed E-state index contributed by atoms with van der Waals surface area (Å²) in [6.07, 6.45) is 1.42. The number of aliphatic carboxylic acids is 1. The number of carbonyl (C=O) groups excluding carboxylic acids is 3. The molecular weight excluding hydrogens is 478 g/mol. The molecule has 1 rings (SSSR count). The molecule has 0 aromatic heterocycles. The normalized spacial score (nSPS) is 14.5. The molecule has 9 heteroatoms. The number of hydrogen-bond donors (Lipinski definition) is 2. The highest BCUT2D eigenvalue weighted by molar-refractivity contribution is 5.77. The highest BCUT2D eigenvalue weighted by Crippen LogP contribution is 2.36. The van der Waals surface area contributed by atoms with Crippen LogP contribution >= 0.6 is 0 Å². The van der Waals surface area contributed by atoms with Crippen molar-refractivity contribution in [2.75, 3.05) is 6.61 Å². The Bertz CT molecular complexity index is 927. The third-order valence-electron chi connectivity index (χ3n) is 5.95. The fourth-order valence-corrected chi connectivity index (χ4v) is 3.75. The monoisotopic (exact) mass is 521 g/mol. The molecule has 208 valence electrons. The molecule has 4 atom stereocenters. The van der Waals surface area contributed by atoms with Gasteiger partial charge in [-0.3, -0.25) is 19.2 Å². The molecular formula is C28H43NO8. The minimum absolute atomic E-state index is 0.00353. The van der Waals surface area contributed by atoms with Gasteiger partial charge in [-0.05, 0) is 41.4 Å². The van der Waals surface area contributed by atoms with Gasteiger partial charge in [-0.25, -0.2) is 0 Å². The van der Waals surface area contributed by atoms with E-state index in [9.17, 15) is 24.3 Å². The maximum atomic E-state index is 12.4. The summed E-state index contributed by atoms with van der Waals surface area (Å²) >= 11 is 0. The van der Waals surface area contributed by atoms with Crippen molar-refractivity contribution < 1.29 is 38.5 Å². The van der Waals surface area contributed by atoms with Crippen molar-refractivity contribution in [3.8, 4) is 11.5 Å². The number of carboxylic acid groups (broad SMARTS) is 1. The van der Waals surface area contributed by atoms with Crippen LogP contribution in [-0.4, -0.2) is 41.6 Å². The number of hydrogen-bond acceptors (Lipinski definition) is 8. The SMILES string of the molecule is CCC(C)CC(=O)OCC(C)C(c1ccc(OC(=O)CC(C)C)c(OC(=O)CC(C)C)c1)[C@H](N)C(=O)O. The predicted octanol–water partition coefficient (Wildman–Crippen LogP) is 4.70. The van der Waals surface area contributed by atoms with Crippen molar-refractivity contribution in [3.63, 3.8) is 0 Å². The van der Waals surface area contributed by atoms with Crippen LogP contribution in [0.5, 0.6) is 11.5 Å². The second kappa shape index (κ2) is 15.3. The summed E-state index contributed by atoms with van der Waals surface area (Å²) < 4.78 is 16.4. The zero-order valence-electron chi connectivity index (χ0n) is 23.1. The molecule has 3 N–H and O–H groups in total. The Labute approximate surface area is 220 Å². The molecule has 0 aliphatic heterocycles. The van der Waals surface area contributed by atoms with Crippen LogP contribution in [0.4, 0.5) is 0 Å². The molecule has 0 radical (unpaired) electrons. The average Bonchev–Trinajstić information content (AvgIpc) is 2.78. The molecule has 0 saturated heterocycles. The van der Waals surface area contributed by atoms with E-state index in [0.29, 0.717) is 5.56 Å². The highest BCUT2D eigenvalue weighted by Gasteiger charge is 2.33. The van der Waals surface area contributed by atoms with Gasteiger partial charge in [-0.1, -0.05) is 61.0 Å². The number of ether oxygens (including phenoxy) is 3. The van der Waals surface area contributed by atoms with Gasteiger partial charge in [0.25, 0.3) is 0 Å². The zero-order chi connectivity index (χ0) is 28.3. The molecule has 0 aliphatic rings. The molecule has 0 heterocycles. The van der Waals surface area contributed by atoms with Gasteiger partial charge < -0.3 is 25.1 Å². The van der Waals surface area contributed by atoms with Crippen molar-refractivity contribution in [2.45, 2.75) is 86.1 Å². The van der Waals surface area contributed by atoms with Gasteiger partial charge in [0, 0.05) is 25.2 Å². The third-order valence-corrected chi connectivity index (χ3v) is 5.95. The summed E-state index contributed by atoms with van der Waals surface area (Å²) in [5.41, 5.74) is 6.51. The van der Waals surface area contributed by atoms with Crippen molar-refractivity contribution >= 4 is 23.9 Å². The van der Waals surface area contributed by atoms with E-state index < -0.39 is 35.8 Å². The number of carbonyl (C=O) groups is 4. The summed E-state index contributed by atoms with van der Waals surface area (Å²) in [6.45, 7) is 13.1. The second-order valence-corrected chi connectivity index (χ2v) is 10.6. The number of rotatable bonds is 15. The fraction of sp³-hybridized carbons (Fsp3) is 0.643. The summed E-state index contributed by atoms with van der Waals surface area (Å²) in [4.78, 5) is 48.8. The van der Waals surface area contributed by atoms with E-state index >= 15 is 0 Å². The first-order valence-corrected chi connectivity index (χ1v) is 12.9. The minimum Gasteiger partial charge on any atom is -0.480 e. The largest absolute Gasteiger partial charge is 0.480 e. The van der Waals surface area contributed by atoms with Gasteiger partial charge in [0.05, 0.1) is 6.61 Å². The summed E-state index contributed by atoms with van der Waals surface area (Å²) in [5, 5.41) is 9.67. The van der Waals surface area contributed by atoms with E-state index in [4.69, 9.17) is 19.9 Å². The predicted molar refractivity (Wildman–Crippen MR) is 139 cm³/mol. The van der Waals surface area contributed by atoms with Crippen LogP contribution in [0, 0.1) is 23.7 Å². The Hall–Kier alpha value is -2.94. The lowest BCUT2D eigenvalue weighted by molar-refractivity contribution is -0.146. The molecule has 0 spiro atoms. The molecule has 0 fully saturated rings. The first-order valence-electron chi connectivity index (χ1n) is 12.9. The Morgan fingerprint density at radius 1 is 0.838 bits per heavy atom. The Morgan fingerprint density at radius 2 is 1.38 bits per heavy atom. The van der Waals surface area contributed by atoms with Crippen LogP contribution in [0.25, 0.3) is 0 Å². The number of carboxylic acids is 1. The second-order valence-electron chi connectivity index (χ2n) is 10.6. The molecule has 0 amide bonds. The summed E-state index contributed by atoms with van der Waals surface area (Å²) in [6, 6.07) is 3.20. The standard InChI is InChI=1S/C28H43NO8/c1-8-18(6)13-23(30)35-15-19(7)26(27(29)28(33)34)20-9-10-21(36-24(31)11-16(2)3)22(14-20)37-25(32)12-17(4)5/h9-10,14,16-19,26-27H,8,11-13,15,29H2,1-7H3,(H,33,34)/t18?,19?,26?,27-/m0/s1.